The van der Waals surface area contributed by atoms with Crippen LogP contribution in [0.1, 0.15) is 23.9 Å². The lowest BCUT2D eigenvalue weighted by atomic mass is 10.1. The molecular weight excluding hydrogens is 330 g/mol. The number of anilines is 1. The summed E-state index contributed by atoms with van der Waals surface area (Å²) in [4.78, 5) is 27.4. The highest BCUT2D eigenvalue weighted by atomic mass is 16.1. The van der Waals surface area contributed by atoms with Gasteiger partial charge in [-0.25, -0.2) is 9.97 Å². The minimum atomic E-state index is -0.0683. The summed E-state index contributed by atoms with van der Waals surface area (Å²) in [5.74, 6) is 0.636. The van der Waals surface area contributed by atoms with Crippen LogP contribution in [0, 0.1) is 0 Å². The Balaban J connectivity index is 1.44. The van der Waals surface area contributed by atoms with E-state index in [4.69, 9.17) is 0 Å². The van der Waals surface area contributed by atoms with Gasteiger partial charge in [-0.1, -0.05) is 6.07 Å². The Morgan fingerprint density at radius 1 is 1.08 bits per heavy atom. The summed E-state index contributed by atoms with van der Waals surface area (Å²) in [5, 5.41) is 7.33. The second-order valence-corrected chi connectivity index (χ2v) is 6.15. The van der Waals surface area contributed by atoms with Gasteiger partial charge in [0.1, 0.15) is 0 Å². The fourth-order valence-electron chi connectivity index (χ4n) is 3.12. The Morgan fingerprint density at radius 2 is 1.92 bits per heavy atom. The molecule has 0 aromatic carbocycles. The first kappa shape index (κ1) is 16.2. The van der Waals surface area contributed by atoms with Crippen LogP contribution in [0.25, 0.3) is 0 Å². The maximum atomic E-state index is 12.4. The molecule has 1 aliphatic heterocycles. The minimum absolute atomic E-state index is 0.0297. The average Bonchev–Trinajstić information content (AvgIpc) is 3.17. The molecule has 0 spiro atoms. The third-order valence-electron chi connectivity index (χ3n) is 4.33. The molecule has 0 saturated heterocycles. The lowest BCUT2D eigenvalue weighted by Crippen LogP contribution is -2.40. The first-order valence-corrected chi connectivity index (χ1v) is 8.50. The van der Waals surface area contributed by atoms with E-state index in [1.165, 1.54) is 0 Å². The second-order valence-electron chi connectivity index (χ2n) is 6.15. The van der Waals surface area contributed by atoms with Gasteiger partial charge in [-0.15, -0.1) is 0 Å². The van der Waals surface area contributed by atoms with E-state index in [0.717, 1.165) is 11.4 Å². The molecule has 0 radical (unpaired) electrons. The molecule has 0 bridgehead atoms. The molecule has 4 rings (SSSR count). The third kappa shape index (κ3) is 3.53. The van der Waals surface area contributed by atoms with Crippen molar-refractivity contribution >= 4 is 11.9 Å². The van der Waals surface area contributed by atoms with Crippen LogP contribution in [0.5, 0.6) is 0 Å². The van der Waals surface area contributed by atoms with Crippen molar-refractivity contribution in [1.29, 1.82) is 0 Å². The fraction of sp³-hybridized carbons (Fsp3) is 0.278. The predicted octanol–water partition coefficient (Wildman–Crippen LogP) is 1.34. The number of rotatable bonds is 5. The molecule has 0 aliphatic carbocycles. The SMILES string of the molecule is O=C(C[C@H]1CN(c2ncccn2)Cc2ccnn21)NCc1ccccn1. The zero-order chi connectivity index (χ0) is 17.8. The van der Waals surface area contributed by atoms with Crippen LogP contribution in [0.2, 0.25) is 0 Å². The number of pyridine rings is 1. The Labute approximate surface area is 150 Å². The molecular formula is C18H19N7O. The molecule has 0 saturated carbocycles. The van der Waals surface area contributed by atoms with Crippen molar-refractivity contribution in [3.05, 3.63) is 66.5 Å². The third-order valence-corrected chi connectivity index (χ3v) is 4.33. The minimum Gasteiger partial charge on any atom is -0.350 e. The maximum absolute atomic E-state index is 12.4. The van der Waals surface area contributed by atoms with Crippen molar-refractivity contribution in [2.24, 2.45) is 0 Å². The molecule has 3 aromatic heterocycles. The monoisotopic (exact) mass is 349 g/mol. The van der Waals surface area contributed by atoms with E-state index in [0.29, 0.717) is 32.0 Å². The first-order valence-electron chi connectivity index (χ1n) is 8.50. The quantitative estimate of drug-likeness (QED) is 0.748. The molecule has 132 valence electrons. The van der Waals surface area contributed by atoms with E-state index in [1.54, 1.807) is 30.9 Å². The highest BCUT2D eigenvalue weighted by Gasteiger charge is 2.28. The van der Waals surface area contributed by atoms with Crippen molar-refractivity contribution < 1.29 is 4.79 Å². The lowest BCUT2D eigenvalue weighted by molar-refractivity contribution is -0.122. The van der Waals surface area contributed by atoms with Crippen molar-refractivity contribution in [3.8, 4) is 0 Å². The maximum Gasteiger partial charge on any atom is 0.225 e. The van der Waals surface area contributed by atoms with E-state index in [-0.39, 0.29) is 11.9 Å². The zero-order valence-electron chi connectivity index (χ0n) is 14.2. The number of hydrogen-bond acceptors (Lipinski definition) is 6. The van der Waals surface area contributed by atoms with Gasteiger partial charge in [-0.05, 0) is 24.3 Å². The molecule has 0 unspecified atom stereocenters. The van der Waals surface area contributed by atoms with Gasteiger partial charge in [0.15, 0.2) is 0 Å². The molecule has 1 atom stereocenters. The highest BCUT2D eigenvalue weighted by Crippen LogP contribution is 2.25. The molecule has 8 heteroatoms. The van der Waals surface area contributed by atoms with Crippen LogP contribution in [0.3, 0.4) is 0 Å². The van der Waals surface area contributed by atoms with Crippen LogP contribution >= 0.6 is 0 Å². The molecule has 1 N–H and O–H groups in total. The molecule has 8 nitrogen and oxygen atoms in total. The fourth-order valence-corrected chi connectivity index (χ4v) is 3.12. The van der Waals surface area contributed by atoms with Crippen LogP contribution in [0.15, 0.2) is 55.1 Å². The average molecular weight is 349 g/mol. The summed E-state index contributed by atoms with van der Waals surface area (Å²) in [7, 11) is 0. The van der Waals surface area contributed by atoms with Crippen LogP contribution < -0.4 is 10.2 Å². The van der Waals surface area contributed by atoms with Crippen molar-refractivity contribution in [1.82, 2.24) is 30.0 Å². The molecule has 1 amide bonds. The van der Waals surface area contributed by atoms with Gasteiger partial charge < -0.3 is 10.2 Å². The number of nitrogens with zero attached hydrogens (tertiary/aromatic N) is 6. The lowest BCUT2D eigenvalue weighted by Gasteiger charge is -2.33. The number of carbonyl (C=O) groups is 1. The first-order chi connectivity index (χ1) is 12.8. The number of carbonyl (C=O) groups excluding carboxylic acids is 1. The van der Waals surface area contributed by atoms with Crippen molar-refractivity contribution in [2.75, 3.05) is 11.4 Å². The van der Waals surface area contributed by atoms with Gasteiger partial charge >= 0.3 is 0 Å². The van der Waals surface area contributed by atoms with Gasteiger partial charge in [0.25, 0.3) is 0 Å². The summed E-state index contributed by atoms with van der Waals surface area (Å²) in [6.07, 6.45) is 7.27. The molecule has 26 heavy (non-hydrogen) atoms. The van der Waals surface area contributed by atoms with Crippen LogP contribution in [-0.4, -0.2) is 37.2 Å². The Morgan fingerprint density at radius 3 is 2.73 bits per heavy atom. The van der Waals surface area contributed by atoms with E-state index in [9.17, 15) is 4.79 Å². The molecule has 4 heterocycles. The summed E-state index contributed by atoms with van der Waals surface area (Å²) in [6.45, 7) is 1.73. The number of hydrogen-bond donors (Lipinski definition) is 1. The second kappa shape index (κ2) is 7.30. The smallest absolute Gasteiger partial charge is 0.225 e. The van der Waals surface area contributed by atoms with E-state index in [1.807, 2.05) is 28.9 Å². The van der Waals surface area contributed by atoms with E-state index >= 15 is 0 Å². The Hall–Kier alpha value is -3.29. The summed E-state index contributed by atoms with van der Waals surface area (Å²) in [5.41, 5.74) is 1.88. The van der Waals surface area contributed by atoms with Gasteiger partial charge in [-0.3, -0.25) is 14.5 Å². The summed E-state index contributed by atoms with van der Waals surface area (Å²) in [6, 6.07) is 9.34. The van der Waals surface area contributed by atoms with Gasteiger partial charge in [0.05, 0.1) is 36.9 Å². The zero-order valence-corrected chi connectivity index (χ0v) is 14.2. The van der Waals surface area contributed by atoms with E-state index < -0.39 is 0 Å². The molecule has 1 aliphatic rings. The van der Waals surface area contributed by atoms with Crippen LogP contribution in [0.4, 0.5) is 5.95 Å². The highest BCUT2D eigenvalue weighted by molar-refractivity contribution is 5.76. The summed E-state index contributed by atoms with van der Waals surface area (Å²) >= 11 is 0. The van der Waals surface area contributed by atoms with Gasteiger partial charge in [0.2, 0.25) is 11.9 Å². The topological polar surface area (TPSA) is 88.8 Å². The van der Waals surface area contributed by atoms with Crippen molar-refractivity contribution in [2.45, 2.75) is 25.6 Å². The van der Waals surface area contributed by atoms with Gasteiger partial charge in [-0.2, -0.15) is 5.10 Å². The molecule has 3 aromatic rings. The standard InChI is InChI=1S/C18H19N7O/c26-17(22-11-14-4-1-2-6-19-14)10-16-13-24(18-20-7-3-8-21-18)12-15-5-9-23-25(15)16/h1-9,16H,10-13H2,(H,22,26)/t16-/m0/s1. The number of aromatic nitrogens is 5. The van der Waals surface area contributed by atoms with Crippen LogP contribution in [-0.2, 0) is 17.9 Å². The molecule has 0 fully saturated rings. The predicted molar refractivity (Wildman–Crippen MR) is 95.0 cm³/mol. The van der Waals surface area contributed by atoms with Crippen molar-refractivity contribution in [3.63, 3.8) is 0 Å². The van der Waals surface area contributed by atoms with E-state index in [2.05, 4.69) is 30.3 Å². The number of nitrogens with one attached hydrogen (secondary N) is 1. The normalized spacial score (nSPS) is 16.2. The Kier molecular flexibility index (Phi) is 4.55. The van der Waals surface area contributed by atoms with Gasteiger partial charge in [0, 0.05) is 31.3 Å². The Bertz CT molecular complexity index is 866. The summed E-state index contributed by atoms with van der Waals surface area (Å²) < 4.78 is 1.93. The largest absolute Gasteiger partial charge is 0.350 e. The number of fused-ring (bicyclic) bond motifs is 1. The number of amides is 1.